The van der Waals surface area contributed by atoms with E-state index in [0.717, 1.165) is 63.1 Å². The van der Waals surface area contributed by atoms with Gasteiger partial charge in [0.25, 0.3) is 5.91 Å². The van der Waals surface area contributed by atoms with Gasteiger partial charge in [0.05, 0.1) is 10.2 Å². The first-order valence-electron chi connectivity index (χ1n) is 10.4. The highest BCUT2D eigenvalue weighted by atomic mass is 35.5. The number of nitrogens with zero attached hydrogens (tertiary/aromatic N) is 3. The van der Waals surface area contributed by atoms with Gasteiger partial charge >= 0.3 is 0 Å². The molecule has 1 aromatic heterocycles. The van der Waals surface area contributed by atoms with E-state index in [0.29, 0.717) is 6.54 Å². The van der Waals surface area contributed by atoms with Gasteiger partial charge in [-0.25, -0.2) is 4.98 Å². The van der Waals surface area contributed by atoms with Gasteiger partial charge in [-0.05, 0) is 41.8 Å². The zero-order valence-corrected chi connectivity index (χ0v) is 18.6. The minimum Gasteiger partial charge on any atom is -0.346 e. The normalized spacial score (nSPS) is 14.6. The third kappa shape index (κ3) is 4.16. The first kappa shape index (κ1) is 20.0. The van der Waals surface area contributed by atoms with Gasteiger partial charge in [0.1, 0.15) is 0 Å². The van der Waals surface area contributed by atoms with Gasteiger partial charge < -0.3 is 9.80 Å². The number of aromatic nitrogens is 1. The standard InChI is InChI=1S/C25H22ClN3OS/c26-19-11-12-22-23(17-19)31-25(27-22)29-14-6-13-28(15-16-29)24(30)21-10-5-4-9-20(21)18-7-2-1-3-8-18/h1-5,7-12,17H,6,13-16H2. The molecule has 156 valence electrons. The lowest BCUT2D eigenvalue weighted by Gasteiger charge is -2.23. The summed E-state index contributed by atoms with van der Waals surface area (Å²) in [6.07, 6.45) is 0.913. The van der Waals surface area contributed by atoms with Crippen molar-refractivity contribution in [2.45, 2.75) is 6.42 Å². The summed E-state index contributed by atoms with van der Waals surface area (Å²) in [5, 5.41) is 1.73. The molecule has 0 spiro atoms. The molecule has 0 saturated carbocycles. The molecule has 5 rings (SSSR count). The average molecular weight is 448 g/mol. The third-order valence-electron chi connectivity index (χ3n) is 5.64. The van der Waals surface area contributed by atoms with Crippen LogP contribution in [0.4, 0.5) is 5.13 Å². The van der Waals surface area contributed by atoms with Crippen molar-refractivity contribution in [2.75, 3.05) is 31.1 Å². The minimum atomic E-state index is 0.0948. The highest BCUT2D eigenvalue weighted by Crippen LogP contribution is 2.31. The van der Waals surface area contributed by atoms with Crippen LogP contribution in [-0.4, -0.2) is 42.0 Å². The van der Waals surface area contributed by atoms with E-state index in [4.69, 9.17) is 16.6 Å². The predicted octanol–water partition coefficient (Wildman–Crippen LogP) is 5.97. The van der Waals surface area contributed by atoms with Gasteiger partial charge in [0.15, 0.2) is 5.13 Å². The quantitative estimate of drug-likeness (QED) is 0.388. The second kappa shape index (κ2) is 8.69. The van der Waals surface area contributed by atoms with Crippen molar-refractivity contribution >= 4 is 44.2 Å². The van der Waals surface area contributed by atoms with E-state index >= 15 is 0 Å². The molecule has 31 heavy (non-hydrogen) atoms. The van der Waals surface area contributed by atoms with Crippen molar-refractivity contribution in [3.63, 3.8) is 0 Å². The van der Waals surface area contributed by atoms with Crippen molar-refractivity contribution in [1.29, 1.82) is 0 Å². The first-order chi connectivity index (χ1) is 15.2. The van der Waals surface area contributed by atoms with E-state index in [2.05, 4.69) is 17.0 Å². The van der Waals surface area contributed by atoms with Crippen LogP contribution in [0.3, 0.4) is 0 Å². The number of hydrogen-bond donors (Lipinski definition) is 0. The number of carbonyl (C=O) groups is 1. The Kier molecular flexibility index (Phi) is 5.62. The molecule has 6 heteroatoms. The molecule has 0 bridgehead atoms. The summed E-state index contributed by atoms with van der Waals surface area (Å²) >= 11 is 7.79. The lowest BCUT2D eigenvalue weighted by atomic mass is 9.99. The summed E-state index contributed by atoms with van der Waals surface area (Å²) in [6, 6.07) is 23.8. The molecule has 4 nitrogen and oxygen atoms in total. The number of rotatable bonds is 3. The Morgan fingerprint density at radius 1 is 0.903 bits per heavy atom. The molecule has 2 heterocycles. The van der Waals surface area contributed by atoms with Crippen LogP contribution in [0.2, 0.25) is 5.02 Å². The Morgan fingerprint density at radius 2 is 1.71 bits per heavy atom. The number of amides is 1. The number of anilines is 1. The van der Waals surface area contributed by atoms with Gasteiger partial charge in [0.2, 0.25) is 0 Å². The summed E-state index contributed by atoms with van der Waals surface area (Å²) in [4.78, 5) is 22.5. The maximum absolute atomic E-state index is 13.4. The molecule has 1 fully saturated rings. The maximum atomic E-state index is 13.4. The van der Waals surface area contributed by atoms with Gasteiger partial charge in [-0.1, -0.05) is 71.5 Å². The van der Waals surface area contributed by atoms with Crippen LogP contribution >= 0.6 is 22.9 Å². The highest BCUT2D eigenvalue weighted by Gasteiger charge is 2.23. The Hall–Kier alpha value is -2.89. The number of thiazole rings is 1. The van der Waals surface area contributed by atoms with Crippen LogP contribution in [0.1, 0.15) is 16.8 Å². The Labute approximate surface area is 190 Å². The number of benzene rings is 3. The third-order valence-corrected chi connectivity index (χ3v) is 6.95. The monoisotopic (exact) mass is 447 g/mol. The van der Waals surface area contributed by atoms with Crippen LogP contribution in [0.5, 0.6) is 0 Å². The molecular weight excluding hydrogens is 426 g/mol. The molecule has 0 radical (unpaired) electrons. The number of carbonyl (C=O) groups excluding carboxylic acids is 1. The van der Waals surface area contributed by atoms with Crippen molar-refractivity contribution in [3.05, 3.63) is 83.4 Å². The molecule has 1 saturated heterocycles. The topological polar surface area (TPSA) is 36.4 Å². The molecule has 1 aliphatic rings. The van der Waals surface area contributed by atoms with Crippen LogP contribution in [0.25, 0.3) is 21.3 Å². The number of halogens is 1. The van der Waals surface area contributed by atoms with Gasteiger partial charge in [-0.2, -0.15) is 0 Å². The van der Waals surface area contributed by atoms with Crippen molar-refractivity contribution in [1.82, 2.24) is 9.88 Å². The molecule has 3 aromatic carbocycles. The number of fused-ring (bicyclic) bond motifs is 1. The van der Waals surface area contributed by atoms with E-state index < -0.39 is 0 Å². The van der Waals surface area contributed by atoms with Crippen molar-refractivity contribution < 1.29 is 4.79 Å². The summed E-state index contributed by atoms with van der Waals surface area (Å²) in [5.41, 5.74) is 3.78. The van der Waals surface area contributed by atoms with Crippen LogP contribution in [0, 0.1) is 0 Å². The van der Waals surface area contributed by atoms with E-state index in [9.17, 15) is 4.79 Å². The number of hydrogen-bond acceptors (Lipinski definition) is 4. The summed E-state index contributed by atoms with van der Waals surface area (Å²) in [5.74, 6) is 0.0948. The lowest BCUT2D eigenvalue weighted by molar-refractivity contribution is 0.0768. The maximum Gasteiger partial charge on any atom is 0.254 e. The zero-order valence-electron chi connectivity index (χ0n) is 17.0. The Balaban J connectivity index is 1.35. The van der Waals surface area contributed by atoms with E-state index in [1.165, 1.54) is 0 Å². The Bertz CT molecular complexity index is 1220. The summed E-state index contributed by atoms with van der Waals surface area (Å²) in [6.45, 7) is 3.08. The first-order valence-corrected chi connectivity index (χ1v) is 11.6. The van der Waals surface area contributed by atoms with Crippen LogP contribution in [-0.2, 0) is 0 Å². The second-order valence-electron chi connectivity index (χ2n) is 7.65. The molecule has 1 aliphatic heterocycles. The fourth-order valence-electron chi connectivity index (χ4n) is 4.04. The van der Waals surface area contributed by atoms with Crippen molar-refractivity contribution in [3.8, 4) is 11.1 Å². The lowest BCUT2D eigenvalue weighted by Crippen LogP contribution is -2.35. The highest BCUT2D eigenvalue weighted by molar-refractivity contribution is 7.22. The summed E-state index contributed by atoms with van der Waals surface area (Å²) < 4.78 is 1.09. The van der Waals surface area contributed by atoms with E-state index in [-0.39, 0.29) is 5.91 Å². The molecule has 0 aliphatic carbocycles. The molecule has 0 unspecified atom stereocenters. The second-order valence-corrected chi connectivity index (χ2v) is 9.10. The smallest absolute Gasteiger partial charge is 0.254 e. The van der Waals surface area contributed by atoms with Crippen LogP contribution < -0.4 is 4.90 Å². The van der Waals surface area contributed by atoms with Crippen LogP contribution in [0.15, 0.2) is 72.8 Å². The van der Waals surface area contributed by atoms with E-state index in [1.54, 1.807) is 11.3 Å². The average Bonchev–Trinajstić information content (AvgIpc) is 3.06. The van der Waals surface area contributed by atoms with Gasteiger partial charge in [-0.15, -0.1) is 0 Å². The van der Waals surface area contributed by atoms with Gasteiger partial charge in [0, 0.05) is 36.8 Å². The molecule has 0 N–H and O–H groups in total. The Morgan fingerprint density at radius 3 is 2.58 bits per heavy atom. The zero-order chi connectivity index (χ0) is 21.2. The fourth-order valence-corrected chi connectivity index (χ4v) is 5.34. The minimum absolute atomic E-state index is 0.0948. The SMILES string of the molecule is O=C(c1ccccc1-c1ccccc1)N1CCCN(c2nc3ccc(Cl)cc3s2)CC1. The molecule has 1 amide bonds. The predicted molar refractivity (Wildman–Crippen MR) is 129 cm³/mol. The molecule has 4 aromatic rings. The van der Waals surface area contributed by atoms with E-state index in [1.807, 2.05) is 65.6 Å². The van der Waals surface area contributed by atoms with Crippen molar-refractivity contribution in [2.24, 2.45) is 0 Å². The fraction of sp³-hybridized carbons (Fsp3) is 0.200. The van der Waals surface area contributed by atoms with Gasteiger partial charge in [-0.3, -0.25) is 4.79 Å². The largest absolute Gasteiger partial charge is 0.346 e. The molecule has 0 atom stereocenters. The molecular formula is C25H22ClN3OS. The summed E-state index contributed by atoms with van der Waals surface area (Å²) in [7, 11) is 0.